The predicted molar refractivity (Wildman–Crippen MR) is 170 cm³/mol. The van der Waals surface area contributed by atoms with E-state index in [1.54, 1.807) is 13.3 Å². The van der Waals surface area contributed by atoms with Crippen molar-refractivity contribution in [3.8, 4) is 17.3 Å². The first-order valence-electron chi connectivity index (χ1n) is 15.7. The van der Waals surface area contributed by atoms with Crippen LogP contribution in [0.5, 0.6) is 5.88 Å². The van der Waals surface area contributed by atoms with Crippen LogP contribution in [0.4, 0.5) is 5.82 Å². The van der Waals surface area contributed by atoms with Gasteiger partial charge < -0.3 is 25.3 Å². The Kier molecular flexibility index (Phi) is 6.37. The molecule has 5 aromatic heterocycles. The molecule has 5 aromatic rings. The first-order chi connectivity index (χ1) is 21.4. The van der Waals surface area contributed by atoms with Gasteiger partial charge in [0.1, 0.15) is 22.8 Å². The number of pyridine rings is 3. The number of aryl methyl sites for hydroxylation is 1. The van der Waals surface area contributed by atoms with Crippen molar-refractivity contribution in [2.45, 2.75) is 76.7 Å². The Morgan fingerprint density at radius 2 is 1.98 bits per heavy atom. The lowest BCUT2D eigenvalue weighted by Crippen LogP contribution is -2.40. The third-order valence-corrected chi connectivity index (χ3v) is 9.81. The summed E-state index contributed by atoms with van der Waals surface area (Å²) in [5.74, 6) is 2.07. The highest BCUT2D eigenvalue weighted by molar-refractivity contribution is 5.96. The van der Waals surface area contributed by atoms with Gasteiger partial charge in [-0.1, -0.05) is 6.07 Å². The summed E-state index contributed by atoms with van der Waals surface area (Å²) in [4.78, 5) is 30.5. The van der Waals surface area contributed by atoms with E-state index in [1.807, 2.05) is 39.6 Å². The molecule has 10 heteroatoms. The molecule has 1 amide bonds. The van der Waals surface area contributed by atoms with Crippen molar-refractivity contribution < 1.29 is 9.53 Å². The summed E-state index contributed by atoms with van der Waals surface area (Å²) >= 11 is 0. The average Bonchev–Trinajstić information content (AvgIpc) is 3.35. The van der Waals surface area contributed by atoms with Crippen LogP contribution in [0.2, 0.25) is 0 Å². The second-order valence-electron chi connectivity index (χ2n) is 12.7. The number of carbonyl (C=O) groups is 1. The van der Waals surface area contributed by atoms with E-state index in [2.05, 4.69) is 46.9 Å². The number of carbonyl (C=O) groups excluding carboxylic acids is 1. The minimum absolute atomic E-state index is 0.0143. The molecular weight excluding hydrogens is 552 g/mol. The Balaban J connectivity index is 1.20. The van der Waals surface area contributed by atoms with Crippen molar-refractivity contribution in [1.82, 2.24) is 28.8 Å². The van der Waals surface area contributed by atoms with Gasteiger partial charge in [0.15, 0.2) is 5.88 Å². The molecule has 2 saturated heterocycles. The van der Waals surface area contributed by atoms with E-state index in [0.29, 0.717) is 23.0 Å². The number of nitrogens with one attached hydrogen (secondary N) is 1. The topological polar surface area (TPSA) is 116 Å². The van der Waals surface area contributed by atoms with Crippen LogP contribution < -0.4 is 15.8 Å². The van der Waals surface area contributed by atoms with Crippen LogP contribution in [0.3, 0.4) is 0 Å². The lowest BCUT2D eigenvalue weighted by atomic mass is 9.97. The quantitative estimate of drug-likeness (QED) is 0.250. The molecule has 1 saturated carbocycles. The number of anilines is 1. The Hall–Kier alpha value is -4.44. The van der Waals surface area contributed by atoms with Crippen LogP contribution in [0.25, 0.3) is 28.1 Å². The molecule has 3 N–H and O–H groups in total. The molecule has 1 aliphatic carbocycles. The Bertz CT molecular complexity index is 1890. The number of aromatic nitrogens is 5. The Labute approximate surface area is 256 Å². The van der Waals surface area contributed by atoms with Crippen LogP contribution in [0.15, 0.2) is 54.7 Å². The van der Waals surface area contributed by atoms with Gasteiger partial charge in [0.05, 0.1) is 30.2 Å². The van der Waals surface area contributed by atoms with E-state index < -0.39 is 0 Å². The Morgan fingerprint density at radius 3 is 2.68 bits per heavy atom. The van der Waals surface area contributed by atoms with Gasteiger partial charge in [-0.3, -0.25) is 9.20 Å². The zero-order valence-electron chi connectivity index (χ0n) is 25.4. The van der Waals surface area contributed by atoms with Crippen molar-refractivity contribution in [3.05, 3.63) is 71.7 Å². The van der Waals surface area contributed by atoms with Gasteiger partial charge in [0.2, 0.25) is 0 Å². The van der Waals surface area contributed by atoms with Crippen molar-refractivity contribution in [2.75, 3.05) is 12.4 Å². The van der Waals surface area contributed by atoms with Crippen LogP contribution in [-0.2, 0) is 6.54 Å². The number of hydrogen-bond acceptors (Lipinski definition) is 7. The minimum Gasteiger partial charge on any atom is -0.482 e. The van der Waals surface area contributed by atoms with Gasteiger partial charge in [-0.15, -0.1) is 0 Å². The maximum atomic E-state index is 13.8. The number of hydrogen-bond donors (Lipinski definition) is 2. The first kappa shape index (κ1) is 27.1. The first-order valence-corrected chi connectivity index (χ1v) is 15.7. The maximum absolute atomic E-state index is 13.8. The van der Waals surface area contributed by atoms with Gasteiger partial charge in [0, 0.05) is 47.9 Å². The van der Waals surface area contributed by atoms with Gasteiger partial charge in [0.25, 0.3) is 5.91 Å². The highest BCUT2D eigenvalue weighted by Gasteiger charge is 2.47. The highest BCUT2D eigenvalue weighted by Crippen LogP contribution is 2.40. The number of rotatable bonds is 8. The van der Waals surface area contributed by atoms with E-state index in [-0.39, 0.29) is 30.1 Å². The number of nitrogens with two attached hydrogens (primary N) is 1. The summed E-state index contributed by atoms with van der Waals surface area (Å²) in [6.45, 7) is 5.07. The monoisotopic (exact) mass is 590 g/mol. The van der Waals surface area contributed by atoms with E-state index in [0.717, 1.165) is 65.4 Å². The molecule has 3 aliphatic rings. The largest absolute Gasteiger partial charge is 0.482 e. The molecule has 0 radical (unpaired) electrons. The summed E-state index contributed by atoms with van der Waals surface area (Å²) in [5.41, 5.74) is 12.4. The lowest BCUT2D eigenvalue weighted by molar-refractivity contribution is 0.0726. The normalized spacial score (nSPS) is 21.8. The molecule has 0 unspecified atom stereocenters. The average molecular weight is 591 g/mol. The molecule has 226 valence electrons. The van der Waals surface area contributed by atoms with Gasteiger partial charge in [-0.2, -0.15) is 0 Å². The minimum atomic E-state index is -0.0143. The summed E-state index contributed by atoms with van der Waals surface area (Å²) in [5, 5.41) is 4.55. The molecule has 2 bridgehead atoms. The standard InChI is InChI=1S/C34H38N8O2/c1-19(37-29-6-4-5-13-36-29)26-11-9-22-14-28(40(33(22)38-26)18-21-7-8-21)32-20(2)41-30(39-32)15-23(16-31(41)44-3)34(43)42-24-10-12-27(42)25(35)17-24/h4-6,9,11,13-16,19,21,24-25,27H,7-8,10,12,17-18,35H2,1-3H3,(H,36,37)/t19-,24+,25-,27-/m1/s1. The number of amides is 1. The third kappa shape index (κ3) is 4.42. The second kappa shape index (κ2) is 10.3. The van der Waals surface area contributed by atoms with Crippen molar-refractivity contribution in [2.24, 2.45) is 11.7 Å². The van der Waals surface area contributed by atoms with Crippen molar-refractivity contribution >= 4 is 28.4 Å². The lowest BCUT2D eigenvalue weighted by Gasteiger charge is -2.23. The summed E-state index contributed by atoms with van der Waals surface area (Å²) < 4.78 is 10.2. The molecule has 4 atom stereocenters. The Morgan fingerprint density at radius 1 is 1.11 bits per heavy atom. The number of nitrogens with zero attached hydrogens (tertiary/aromatic N) is 6. The summed E-state index contributed by atoms with van der Waals surface area (Å²) in [6, 6.07) is 16.4. The fourth-order valence-corrected chi connectivity index (χ4v) is 7.36. The summed E-state index contributed by atoms with van der Waals surface area (Å²) in [7, 11) is 1.65. The van der Waals surface area contributed by atoms with Crippen LogP contribution >= 0.6 is 0 Å². The third-order valence-electron chi connectivity index (χ3n) is 9.81. The molecule has 44 heavy (non-hydrogen) atoms. The van der Waals surface area contributed by atoms with Crippen LogP contribution in [-0.4, -0.2) is 60.0 Å². The molecule has 8 rings (SSSR count). The van der Waals surface area contributed by atoms with Gasteiger partial charge >= 0.3 is 0 Å². The predicted octanol–water partition coefficient (Wildman–Crippen LogP) is 5.35. The van der Waals surface area contributed by atoms with Crippen molar-refractivity contribution in [1.29, 1.82) is 0 Å². The fraction of sp³-hybridized carbons (Fsp3) is 0.412. The van der Waals surface area contributed by atoms with Gasteiger partial charge in [-0.25, -0.2) is 15.0 Å². The molecule has 3 fully saturated rings. The molecule has 7 heterocycles. The molecule has 0 spiro atoms. The van der Waals surface area contributed by atoms with Gasteiger partial charge in [-0.05, 0) is 88.3 Å². The molecule has 10 nitrogen and oxygen atoms in total. The number of methoxy groups -OCH3 is 1. The van der Waals surface area contributed by atoms with Crippen molar-refractivity contribution in [3.63, 3.8) is 0 Å². The zero-order chi connectivity index (χ0) is 30.1. The zero-order valence-corrected chi connectivity index (χ0v) is 25.4. The number of ether oxygens (including phenoxy) is 1. The highest BCUT2D eigenvalue weighted by atomic mass is 16.5. The van der Waals surface area contributed by atoms with Crippen LogP contribution in [0.1, 0.15) is 66.8 Å². The number of fused-ring (bicyclic) bond motifs is 4. The maximum Gasteiger partial charge on any atom is 0.254 e. The number of imidazole rings is 1. The van der Waals surface area contributed by atoms with E-state index in [1.165, 1.54) is 12.8 Å². The van der Waals surface area contributed by atoms with E-state index in [9.17, 15) is 4.79 Å². The summed E-state index contributed by atoms with van der Waals surface area (Å²) in [6.07, 6.45) is 7.11. The molecular formula is C34H38N8O2. The molecule has 0 aromatic carbocycles. The SMILES string of the molecule is COc1cc(C(=O)N2[C@H]3CC[C@@H]2[C@H](N)C3)cc2nc(-c3cc4ccc([C@@H](C)Nc5ccccn5)nc4n3CC3CC3)c(C)n12. The fourth-order valence-electron chi connectivity index (χ4n) is 7.36. The van der Waals surface area contributed by atoms with Crippen LogP contribution in [0, 0.1) is 12.8 Å². The second-order valence-corrected chi connectivity index (χ2v) is 12.7. The molecule has 2 aliphatic heterocycles. The van der Waals surface area contributed by atoms with E-state index in [4.69, 9.17) is 20.4 Å². The smallest absolute Gasteiger partial charge is 0.254 e. The van der Waals surface area contributed by atoms with E-state index >= 15 is 0 Å².